The van der Waals surface area contributed by atoms with Gasteiger partial charge in [0.2, 0.25) is 0 Å². The van der Waals surface area contributed by atoms with Gasteiger partial charge in [-0.1, -0.05) is 19.1 Å². The van der Waals surface area contributed by atoms with Crippen LogP contribution < -0.4 is 10.5 Å². The Morgan fingerprint density at radius 1 is 1.47 bits per heavy atom. The molecular weight excluding hydrogens is 236 g/mol. The van der Waals surface area contributed by atoms with Crippen molar-refractivity contribution in [3.8, 4) is 5.75 Å². The van der Waals surface area contributed by atoms with E-state index in [2.05, 4.69) is 36.9 Å². The standard InChI is InChI=1S/C16H26N2O/c1-12-5-4-8-18(11-12)15(10-17)14-6-7-16(19-3)13(2)9-14/h6-7,9,12,15H,4-5,8,10-11,17H2,1-3H3. The highest BCUT2D eigenvalue weighted by molar-refractivity contribution is 5.37. The van der Waals surface area contributed by atoms with E-state index in [1.165, 1.54) is 24.0 Å². The fourth-order valence-corrected chi connectivity index (χ4v) is 3.11. The van der Waals surface area contributed by atoms with Crippen molar-refractivity contribution in [2.24, 2.45) is 11.7 Å². The van der Waals surface area contributed by atoms with Crippen molar-refractivity contribution in [1.29, 1.82) is 0 Å². The van der Waals surface area contributed by atoms with Gasteiger partial charge in [0, 0.05) is 19.1 Å². The Labute approximate surface area is 116 Å². The maximum absolute atomic E-state index is 6.03. The third-order valence-corrected chi connectivity index (χ3v) is 4.16. The zero-order valence-corrected chi connectivity index (χ0v) is 12.4. The van der Waals surface area contributed by atoms with Crippen LogP contribution in [0.5, 0.6) is 5.75 Å². The molecule has 1 aliphatic heterocycles. The van der Waals surface area contributed by atoms with Gasteiger partial charge in [-0.3, -0.25) is 4.90 Å². The molecule has 2 atom stereocenters. The van der Waals surface area contributed by atoms with Gasteiger partial charge in [0.05, 0.1) is 7.11 Å². The highest BCUT2D eigenvalue weighted by Gasteiger charge is 2.24. The number of hydrogen-bond acceptors (Lipinski definition) is 3. The molecule has 1 aromatic carbocycles. The van der Waals surface area contributed by atoms with Crippen LogP contribution in [0.4, 0.5) is 0 Å². The van der Waals surface area contributed by atoms with Gasteiger partial charge in [0.15, 0.2) is 0 Å². The Bertz CT molecular complexity index is 419. The third kappa shape index (κ3) is 3.28. The van der Waals surface area contributed by atoms with Gasteiger partial charge in [-0.05, 0) is 49.4 Å². The predicted molar refractivity (Wildman–Crippen MR) is 79.5 cm³/mol. The highest BCUT2D eigenvalue weighted by atomic mass is 16.5. The smallest absolute Gasteiger partial charge is 0.121 e. The van der Waals surface area contributed by atoms with Crippen molar-refractivity contribution < 1.29 is 4.74 Å². The number of likely N-dealkylation sites (tertiary alicyclic amines) is 1. The lowest BCUT2D eigenvalue weighted by Gasteiger charge is -2.37. The van der Waals surface area contributed by atoms with Crippen LogP contribution in [0, 0.1) is 12.8 Å². The average molecular weight is 262 g/mol. The second kappa shape index (κ2) is 6.40. The van der Waals surface area contributed by atoms with E-state index >= 15 is 0 Å². The molecule has 2 rings (SSSR count). The number of methoxy groups -OCH3 is 1. The number of ether oxygens (including phenoxy) is 1. The molecule has 3 nitrogen and oxygen atoms in total. The van der Waals surface area contributed by atoms with Crippen LogP contribution in [0.15, 0.2) is 18.2 Å². The minimum absolute atomic E-state index is 0.340. The number of nitrogens with two attached hydrogens (primary N) is 1. The van der Waals surface area contributed by atoms with E-state index in [0.29, 0.717) is 12.6 Å². The summed E-state index contributed by atoms with van der Waals surface area (Å²) in [6, 6.07) is 6.77. The van der Waals surface area contributed by atoms with Gasteiger partial charge in [-0.2, -0.15) is 0 Å². The Morgan fingerprint density at radius 2 is 2.26 bits per heavy atom. The lowest BCUT2D eigenvalue weighted by molar-refractivity contribution is 0.133. The van der Waals surface area contributed by atoms with E-state index in [1.54, 1.807) is 7.11 Å². The van der Waals surface area contributed by atoms with Crippen molar-refractivity contribution in [1.82, 2.24) is 4.90 Å². The molecule has 19 heavy (non-hydrogen) atoms. The zero-order chi connectivity index (χ0) is 13.8. The molecule has 0 saturated carbocycles. The molecule has 0 spiro atoms. The largest absolute Gasteiger partial charge is 0.496 e. The van der Waals surface area contributed by atoms with E-state index < -0.39 is 0 Å². The Kier molecular flexibility index (Phi) is 4.83. The molecule has 0 aromatic heterocycles. The molecule has 1 saturated heterocycles. The summed E-state index contributed by atoms with van der Waals surface area (Å²) < 4.78 is 5.33. The van der Waals surface area contributed by atoms with Crippen LogP contribution in [0.2, 0.25) is 0 Å². The first-order chi connectivity index (χ1) is 9.15. The normalized spacial score (nSPS) is 22.2. The number of benzene rings is 1. The number of hydrogen-bond donors (Lipinski definition) is 1. The second-order valence-corrected chi connectivity index (χ2v) is 5.72. The molecule has 0 radical (unpaired) electrons. The van der Waals surface area contributed by atoms with Gasteiger partial charge >= 0.3 is 0 Å². The first-order valence-corrected chi connectivity index (χ1v) is 7.24. The molecular formula is C16H26N2O. The summed E-state index contributed by atoms with van der Waals surface area (Å²) >= 11 is 0. The number of nitrogens with zero attached hydrogens (tertiary/aromatic N) is 1. The maximum atomic E-state index is 6.03. The summed E-state index contributed by atoms with van der Waals surface area (Å²) in [5, 5.41) is 0. The van der Waals surface area contributed by atoms with E-state index in [0.717, 1.165) is 24.8 Å². The topological polar surface area (TPSA) is 38.5 Å². The minimum Gasteiger partial charge on any atom is -0.496 e. The van der Waals surface area contributed by atoms with Crippen molar-refractivity contribution in [2.75, 3.05) is 26.7 Å². The zero-order valence-electron chi connectivity index (χ0n) is 12.4. The summed E-state index contributed by atoms with van der Waals surface area (Å²) in [6.07, 6.45) is 2.63. The van der Waals surface area contributed by atoms with Crippen molar-refractivity contribution in [3.05, 3.63) is 29.3 Å². The molecule has 1 aliphatic rings. The molecule has 0 bridgehead atoms. The molecule has 106 valence electrons. The molecule has 0 amide bonds. The minimum atomic E-state index is 0.340. The molecule has 3 heteroatoms. The summed E-state index contributed by atoms with van der Waals surface area (Å²) in [5.41, 5.74) is 8.53. The maximum Gasteiger partial charge on any atom is 0.121 e. The second-order valence-electron chi connectivity index (χ2n) is 5.72. The van der Waals surface area contributed by atoms with Crippen LogP contribution in [0.1, 0.15) is 36.9 Å². The molecule has 0 aliphatic carbocycles. The van der Waals surface area contributed by atoms with Crippen LogP contribution >= 0.6 is 0 Å². The van der Waals surface area contributed by atoms with Crippen molar-refractivity contribution in [3.63, 3.8) is 0 Å². The van der Waals surface area contributed by atoms with E-state index in [-0.39, 0.29) is 0 Å². The van der Waals surface area contributed by atoms with E-state index in [1.807, 2.05) is 0 Å². The highest BCUT2D eigenvalue weighted by Crippen LogP contribution is 2.29. The van der Waals surface area contributed by atoms with E-state index in [9.17, 15) is 0 Å². The molecule has 1 aromatic rings. The van der Waals surface area contributed by atoms with Gasteiger partial charge in [-0.25, -0.2) is 0 Å². The van der Waals surface area contributed by atoms with Crippen molar-refractivity contribution in [2.45, 2.75) is 32.7 Å². The lowest BCUT2D eigenvalue weighted by Crippen LogP contribution is -2.40. The number of piperidine rings is 1. The van der Waals surface area contributed by atoms with Crippen molar-refractivity contribution >= 4 is 0 Å². The quantitative estimate of drug-likeness (QED) is 0.906. The number of rotatable bonds is 4. The summed E-state index contributed by atoms with van der Waals surface area (Å²) in [5.74, 6) is 1.73. The van der Waals surface area contributed by atoms with Crippen LogP contribution in [0.25, 0.3) is 0 Å². The van der Waals surface area contributed by atoms with Gasteiger partial charge in [0.1, 0.15) is 5.75 Å². The summed E-state index contributed by atoms with van der Waals surface area (Å²) in [7, 11) is 1.72. The Balaban J connectivity index is 2.19. The predicted octanol–water partition coefficient (Wildman–Crippen LogP) is 2.74. The fourth-order valence-electron chi connectivity index (χ4n) is 3.11. The average Bonchev–Trinajstić information content (AvgIpc) is 2.40. The van der Waals surface area contributed by atoms with E-state index in [4.69, 9.17) is 10.5 Å². The van der Waals surface area contributed by atoms with Crippen LogP contribution in [-0.2, 0) is 0 Å². The Hall–Kier alpha value is -1.06. The third-order valence-electron chi connectivity index (χ3n) is 4.16. The van der Waals surface area contributed by atoms with Gasteiger partial charge < -0.3 is 10.5 Å². The summed E-state index contributed by atoms with van der Waals surface area (Å²) in [6.45, 7) is 7.43. The van der Waals surface area contributed by atoms with Crippen LogP contribution in [-0.4, -0.2) is 31.6 Å². The Morgan fingerprint density at radius 3 is 2.84 bits per heavy atom. The van der Waals surface area contributed by atoms with Gasteiger partial charge in [-0.15, -0.1) is 0 Å². The van der Waals surface area contributed by atoms with Crippen LogP contribution in [0.3, 0.4) is 0 Å². The fraction of sp³-hybridized carbons (Fsp3) is 0.625. The van der Waals surface area contributed by atoms with Gasteiger partial charge in [0.25, 0.3) is 0 Å². The first-order valence-electron chi connectivity index (χ1n) is 7.24. The monoisotopic (exact) mass is 262 g/mol. The number of aryl methyl sites for hydroxylation is 1. The molecule has 2 N–H and O–H groups in total. The molecule has 1 heterocycles. The lowest BCUT2D eigenvalue weighted by atomic mass is 9.95. The first kappa shape index (κ1) is 14.4. The molecule has 2 unspecified atom stereocenters. The molecule has 1 fully saturated rings. The SMILES string of the molecule is COc1ccc(C(CN)N2CCCC(C)C2)cc1C. The summed E-state index contributed by atoms with van der Waals surface area (Å²) in [4.78, 5) is 2.54.